The zero-order valence-corrected chi connectivity index (χ0v) is 16.4. The molecule has 0 unspecified atom stereocenters. The van der Waals surface area contributed by atoms with Gasteiger partial charge in [-0.1, -0.05) is 25.0 Å². The first-order valence-corrected chi connectivity index (χ1v) is 9.96. The van der Waals surface area contributed by atoms with E-state index in [1.807, 2.05) is 0 Å². The molecule has 1 aromatic rings. The van der Waals surface area contributed by atoms with Crippen LogP contribution in [0.5, 0.6) is 0 Å². The SMILES string of the molecule is Cc1ccc(C=C2SC(=O)N(CC(=O)N3CCCCCC3)C2=O)cc1[N+](=O)[O-]. The normalized spacial score (nSPS) is 19.2. The molecule has 0 aromatic heterocycles. The van der Waals surface area contributed by atoms with E-state index in [2.05, 4.69) is 0 Å². The van der Waals surface area contributed by atoms with Crippen LogP contribution >= 0.6 is 11.8 Å². The van der Waals surface area contributed by atoms with Crippen LogP contribution in [0.15, 0.2) is 23.1 Å². The highest BCUT2D eigenvalue weighted by Crippen LogP contribution is 2.33. The van der Waals surface area contributed by atoms with Gasteiger partial charge in [-0.2, -0.15) is 0 Å². The van der Waals surface area contributed by atoms with Gasteiger partial charge in [-0.3, -0.25) is 29.4 Å². The molecule has 0 saturated carbocycles. The van der Waals surface area contributed by atoms with Gasteiger partial charge in [-0.15, -0.1) is 0 Å². The first-order valence-electron chi connectivity index (χ1n) is 9.15. The van der Waals surface area contributed by atoms with Crippen LogP contribution in [-0.4, -0.2) is 51.4 Å². The largest absolute Gasteiger partial charge is 0.341 e. The lowest BCUT2D eigenvalue weighted by atomic mass is 10.1. The number of carbonyl (C=O) groups excluding carboxylic acids is 3. The number of aryl methyl sites for hydroxylation is 1. The number of nitro groups is 1. The fourth-order valence-electron chi connectivity index (χ4n) is 3.26. The fraction of sp³-hybridized carbons (Fsp3) is 0.421. The third kappa shape index (κ3) is 4.41. The van der Waals surface area contributed by atoms with Crippen molar-refractivity contribution in [2.45, 2.75) is 32.6 Å². The highest BCUT2D eigenvalue weighted by atomic mass is 32.2. The molecule has 9 heteroatoms. The fourth-order valence-corrected chi connectivity index (χ4v) is 4.09. The van der Waals surface area contributed by atoms with Crippen molar-refractivity contribution in [3.05, 3.63) is 44.3 Å². The topological polar surface area (TPSA) is 101 Å². The molecule has 0 spiro atoms. The number of hydrogen-bond donors (Lipinski definition) is 0. The zero-order valence-electron chi connectivity index (χ0n) is 15.6. The second-order valence-electron chi connectivity index (χ2n) is 6.87. The van der Waals surface area contributed by atoms with Crippen molar-refractivity contribution >= 4 is 40.6 Å². The molecule has 2 fully saturated rings. The molecule has 3 rings (SSSR count). The minimum absolute atomic E-state index is 0.0516. The quantitative estimate of drug-likeness (QED) is 0.434. The summed E-state index contributed by atoms with van der Waals surface area (Å²) in [5.74, 6) is -0.766. The Morgan fingerprint density at radius 1 is 1.21 bits per heavy atom. The van der Waals surface area contributed by atoms with E-state index in [0.29, 0.717) is 24.2 Å². The monoisotopic (exact) mass is 403 g/mol. The van der Waals surface area contributed by atoms with Gasteiger partial charge in [-0.05, 0) is 43.2 Å². The minimum atomic E-state index is -0.540. The number of likely N-dealkylation sites (tertiary alicyclic amines) is 1. The summed E-state index contributed by atoms with van der Waals surface area (Å²) in [6.45, 7) is 2.66. The number of benzene rings is 1. The summed E-state index contributed by atoms with van der Waals surface area (Å²) in [7, 11) is 0. The predicted molar refractivity (Wildman–Crippen MR) is 106 cm³/mol. The highest BCUT2D eigenvalue weighted by Gasteiger charge is 2.37. The van der Waals surface area contributed by atoms with Gasteiger partial charge in [0.2, 0.25) is 5.91 Å². The Morgan fingerprint density at radius 3 is 2.54 bits per heavy atom. The maximum atomic E-state index is 12.6. The number of rotatable bonds is 4. The van der Waals surface area contributed by atoms with Crippen molar-refractivity contribution in [1.82, 2.24) is 9.80 Å². The lowest BCUT2D eigenvalue weighted by Crippen LogP contribution is -2.42. The van der Waals surface area contributed by atoms with Gasteiger partial charge in [-0.25, -0.2) is 0 Å². The van der Waals surface area contributed by atoms with Crippen molar-refractivity contribution < 1.29 is 19.3 Å². The molecule has 0 aliphatic carbocycles. The minimum Gasteiger partial charge on any atom is -0.341 e. The van der Waals surface area contributed by atoms with Gasteiger partial charge in [0.25, 0.3) is 16.8 Å². The van der Waals surface area contributed by atoms with Crippen molar-refractivity contribution in [1.29, 1.82) is 0 Å². The molecular formula is C19H21N3O5S. The number of hydrogen-bond acceptors (Lipinski definition) is 6. The molecule has 0 bridgehead atoms. The highest BCUT2D eigenvalue weighted by molar-refractivity contribution is 8.18. The summed E-state index contributed by atoms with van der Waals surface area (Å²) in [4.78, 5) is 50.8. The summed E-state index contributed by atoms with van der Waals surface area (Å²) in [6.07, 6.45) is 5.47. The smallest absolute Gasteiger partial charge is 0.294 e. The maximum Gasteiger partial charge on any atom is 0.294 e. The molecule has 2 heterocycles. The molecule has 0 radical (unpaired) electrons. The molecule has 0 atom stereocenters. The average molecular weight is 403 g/mol. The number of nitrogens with zero attached hydrogens (tertiary/aromatic N) is 3. The Morgan fingerprint density at radius 2 is 1.89 bits per heavy atom. The molecule has 3 amide bonds. The van der Waals surface area contributed by atoms with E-state index < -0.39 is 16.1 Å². The molecule has 2 saturated heterocycles. The third-order valence-corrected chi connectivity index (χ3v) is 5.76. The lowest BCUT2D eigenvalue weighted by Gasteiger charge is -2.22. The first-order chi connectivity index (χ1) is 13.4. The number of nitro benzene ring substituents is 1. The van der Waals surface area contributed by atoms with Gasteiger partial charge in [0.05, 0.1) is 9.83 Å². The number of carbonyl (C=O) groups is 3. The summed E-state index contributed by atoms with van der Waals surface area (Å²) in [5.41, 5.74) is 0.921. The van der Waals surface area contributed by atoms with Crippen LogP contribution in [0.3, 0.4) is 0 Å². The van der Waals surface area contributed by atoms with Gasteiger partial charge in [0, 0.05) is 24.7 Å². The summed E-state index contributed by atoms with van der Waals surface area (Å²) >= 11 is 0.746. The van der Waals surface area contributed by atoms with E-state index in [0.717, 1.165) is 42.3 Å². The van der Waals surface area contributed by atoms with Crippen LogP contribution in [0.4, 0.5) is 10.5 Å². The van der Waals surface area contributed by atoms with Crippen LogP contribution in [0.1, 0.15) is 36.8 Å². The number of imide groups is 1. The lowest BCUT2D eigenvalue weighted by molar-refractivity contribution is -0.385. The predicted octanol–water partition coefficient (Wildman–Crippen LogP) is 3.34. The van der Waals surface area contributed by atoms with E-state index in [1.165, 1.54) is 12.1 Å². The van der Waals surface area contributed by atoms with Crippen LogP contribution in [0.25, 0.3) is 6.08 Å². The van der Waals surface area contributed by atoms with E-state index in [1.54, 1.807) is 24.0 Å². The first kappa shape index (κ1) is 20.1. The van der Waals surface area contributed by atoms with Gasteiger partial charge in [0.1, 0.15) is 6.54 Å². The molecular weight excluding hydrogens is 382 g/mol. The van der Waals surface area contributed by atoms with Crippen LogP contribution in [0, 0.1) is 17.0 Å². The van der Waals surface area contributed by atoms with E-state index in [9.17, 15) is 24.5 Å². The summed E-state index contributed by atoms with van der Waals surface area (Å²) < 4.78 is 0. The molecule has 2 aliphatic rings. The van der Waals surface area contributed by atoms with Crippen molar-refractivity contribution in [3.8, 4) is 0 Å². The maximum absolute atomic E-state index is 12.6. The molecule has 0 N–H and O–H groups in total. The zero-order chi connectivity index (χ0) is 20.3. The third-order valence-electron chi connectivity index (χ3n) is 4.85. The van der Waals surface area contributed by atoms with Crippen LogP contribution < -0.4 is 0 Å². The van der Waals surface area contributed by atoms with Crippen LogP contribution in [-0.2, 0) is 9.59 Å². The summed E-state index contributed by atoms with van der Waals surface area (Å²) in [6, 6.07) is 4.61. The Bertz CT molecular complexity index is 859. The van der Waals surface area contributed by atoms with Gasteiger partial charge in [0.15, 0.2) is 0 Å². The van der Waals surface area contributed by atoms with E-state index in [4.69, 9.17) is 0 Å². The van der Waals surface area contributed by atoms with Crippen molar-refractivity contribution in [2.75, 3.05) is 19.6 Å². The van der Waals surface area contributed by atoms with Crippen molar-refractivity contribution in [2.24, 2.45) is 0 Å². The summed E-state index contributed by atoms with van der Waals surface area (Å²) in [5, 5.41) is 10.6. The van der Waals surface area contributed by atoms with E-state index >= 15 is 0 Å². The Hall–Kier alpha value is -2.68. The molecule has 8 nitrogen and oxygen atoms in total. The Kier molecular flexibility index (Phi) is 6.13. The van der Waals surface area contributed by atoms with Crippen LogP contribution in [0.2, 0.25) is 0 Å². The van der Waals surface area contributed by atoms with Gasteiger partial charge < -0.3 is 4.90 Å². The average Bonchev–Trinajstić information content (AvgIpc) is 2.87. The second kappa shape index (κ2) is 8.55. The van der Waals surface area contributed by atoms with Crippen molar-refractivity contribution in [3.63, 3.8) is 0 Å². The standard InChI is InChI=1S/C19H21N3O5S/c1-13-6-7-14(10-15(13)22(26)27)11-16-18(24)21(19(25)28-16)12-17(23)20-8-4-2-3-5-9-20/h6-7,10-11H,2-5,8-9,12H2,1H3. The van der Waals surface area contributed by atoms with E-state index in [-0.39, 0.29) is 23.0 Å². The van der Waals surface area contributed by atoms with Gasteiger partial charge >= 0.3 is 0 Å². The molecule has 28 heavy (non-hydrogen) atoms. The second-order valence-corrected chi connectivity index (χ2v) is 7.86. The number of thioether (sulfide) groups is 1. The Labute approximate surface area is 166 Å². The molecule has 148 valence electrons. The number of amides is 3. The molecule has 2 aliphatic heterocycles. The Balaban J connectivity index is 1.74. The molecule has 1 aromatic carbocycles.